The molecule has 0 aliphatic heterocycles. The zero-order valence-corrected chi connectivity index (χ0v) is 9.12. The maximum atomic E-state index is 5.61. The summed E-state index contributed by atoms with van der Waals surface area (Å²) in [6.45, 7) is 7.39. The molecule has 0 aliphatic carbocycles. The molecule has 2 N–H and O–H groups in total. The normalized spacial score (nSPS) is 13.5. The molecule has 1 aromatic rings. The smallest absolute Gasteiger partial charge is 0.129 e. The molecule has 80 valence electrons. The maximum Gasteiger partial charge on any atom is 0.129 e. The minimum Gasteiger partial charge on any atom is -0.467 e. The van der Waals surface area contributed by atoms with Crippen molar-refractivity contribution in [1.29, 1.82) is 0 Å². The van der Waals surface area contributed by atoms with Crippen LogP contribution in [0.1, 0.15) is 32.1 Å². The summed E-state index contributed by atoms with van der Waals surface area (Å²) in [5, 5.41) is 0. The van der Waals surface area contributed by atoms with E-state index in [2.05, 4.69) is 20.8 Å². The molecule has 1 atom stereocenters. The molecular weight excluding hydrogens is 178 g/mol. The van der Waals surface area contributed by atoms with Crippen molar-refractivity contribution in [2.75, 3.05) is 0 Å². The monoisotopic (exact) mass is 197 g/mol. The average molecular weight is 197 g/mol. The predicted molar refractivity (Wildman–Crippen MR) is 55.7 cm³/mol. The van der Waals surface area contributed by atoms with Gasteiger partial charge in [-0.3, -0.25) is 0 Å². The predicted octanol–water partition coefficient (Wildman–Crippen LogP) is 2.30. The number of ether oxygens (including phenoxy) is 1. The standard InChI is InChI=1S/C11H19NO2/c1-8(2)9(3)13-7-11-4-10(5-12)6-14-11/h4,6,8-9H,5,7,12H2,1-3H3. The quantitative estimate of drug-likeness (QED) is 0.788. The van der Waals surface area contributed by atoms with Crippen LogP contribution in [0.3, 0.4) is 0 Å². The van der Waals surface area contributed by atoms with Crippen LogP contribution in [0.2, 0.25) is 0 Å². The van der Waals surface area contributed by atoms with Crippen LogP contribution < -0.4 is 5.73 Å². The third kappa shape index (κ3) is 3.16. The zero-order valence-electron chi connectivity index (χ0n) is 9.12. The molecule has 0 amide bonds. The fraction of sp³-hybridized carbons (Fsp3) is 0.636. The third-order valence-electron chi connectivity index (χ3n) is 2.37. The molecular formula is C11H19NO2. The van der Waals surface area contributed by atoms with E-state index in [1.807, 2.05) is 6.07 Å². The summed E-state index contributed by atoms with van der Waals surface area (Å²) in [5.74, 6) is 1.37. The van der Waals surface area contributed by atoms with Crippen LogP contribution in [-0.4, -0.2) is 6.10 Å². The molecule has 3 heteroatoms. The summed E-state index contributed by atoms with van der Waals surface area (Å²) < 4.78 is 10.9. The Bertz CT molecular complexity index is 268. The Morgan fingerprint density at radius 2 is 2.14 bits per heavy atom. The SMILES string of the molecule is CC(C)C(C)OCc1cc(CN)co1. The van der Waals surface area contributed by atoms with Crippen LogP contribution in [0.5, 0.6) is 0 Å². The van der Waals surface area contributed by atoms with Gasteiger partial charge in [0.05, 0.1) is 12.4 Å². The van der Waals surface area contributed by atoms with Crippen LogP contribution in [-0.2, 0) is 17.9 Å². The van der Waals surface area contributed by atoms with Crippen LogP contribution in [0.15, 0.2) is 16.7 Å². The van der Waals surface area contributed by atoms with Gasteiger partial charge >= 0.3 is 0 Å². The van der Waals surface area contributed by atoms with Crippen LogP contribution in [0.25, 0.3) is 0 Å². The fourth-order valence-corrected chi connectivity index (χ4v) is 1.01. The summed E-state index contributed by atoms with van der Waals surface area (Å²) >= 11 is 0. The lowest BCUT2D eigenvalue weighted by atomic mass is 10.1. The highest BCUT2D eigenvalue weighted by Crippen LogP contribution is 2.12. The molecule has 14 heavy (non-hydrogen) atoms. The molecule has 0 aromatic carbocycles. The lowest BCUT2D eigenvalue weighted by Crippen LogP contribution is -2.14. The van der Waals surface area contributed by atoms with Crippen molar-refractivity contribution < 1.29 is 9.15 Å². The maximum absolute atomic E-state index is 5.61. The second kappa shape index (κ2) is 5.17. The average Bonchev–Trinajstić information content (AvgIpc) is 2.61. The summed E-state index contributed by atoms with van der Waals surface area (Å²) in [6.07, 6.45) is 1.93. The number of furan rings is 1. The molecule has 0 spiro atoms. The van der Waals surface area contributed by atoms with E-state index in [1.54, 1.807) is 6.26 Å². The first-order valence-corrected chi connectivity index (χ1v) is 5.01. The van der Waals surface area contributed by atoms with Crippen molar-refractivity contribution in [3.8, 4) is 0 Å². The van der Waals surface area contributed by atoms with Gasteiger partial charge in [0, 0.05) is 12.1 Å². The highest BCUT2D eigenvalue weighted by molar-refractivity contribution is 5.11. The summed E-state index contributed by atoms with van der Waals surface area (Å²) in [6, 6.07) is 1.94. The van der Waals surface area contributed by atoms with E-state index in [-0.39, 0.29) is 6.10 Å². The zero-order chi connectivity index (χ0) is 10.6. The van der Waals surface area contributed by atoms with E-state index >= 15 is 0 Å². The van der Waals surface area contributed by atoms with Crippen LogP contribution >= 0.6 is 0 Å². The topological polar surface area (TPSA) is 48.4 Å². The second-order valence-corrected chi connectivity index (χ2v) is 3.89. The Labute approximate surface area is 85.2 Å². The van der Waals surface area contributed by atoms with Crippen molar-refractivity contribution in [3.05, 3.63) is 23.7 Å². The van der Waals surface area contributed by atoms with Gasteiger partial charge < -0.3 is 14.9 Å². The highest BCUT2D eigenvalue weighted by Gasteiger charge is 2.08. The lowest BCUT2D eigenvalue weighted by molar-refractivity contribution is 0.0149. The second-order valence-electron chi connectivity index (χ2n) is 3.89. The van der Waals surface area contributed by atoms with E-state index in [4.69, 9.17) is 14.9 Å². The van der Waals surface area contributed by atoms with E-state index in [1.165, 1.54) is 0 Å². The van der Waals surface area contributed by atoms with Gasteiger partial charge in [-0.15, -0.1) is 0 Å². The molecule has 0 fully saturated rings. The molecule has 0 radical (unpaired) electrons. The molecule has 1 aromatic heterocycles. The Morgan fingerprint density at radius 3 is 2.64 bits per heavy atom. The van der Waals surface area contributed by atoms with Crippen molar-refractivity contribution in [2.24, 2.45) is 11.7 Å². The van der Waals surface area contributed by atoms with E-state index < -0.39 is 0 Å². The largest absolute Gasteiger partial charge is 0.467 e. The number of nitrogens with two attached hydrogens (primary N) is 1. The van der Waals surface area contributed by atoms with E-state index in [0.717, 1.165) is 11.3 Å². The Morgan fingerprint density at radius 1 is 1.43 bits per heavy atom. The molecule has 1 unspecified atom stereocenters. The minimum atomic E-state index is 0.251. The molecule has 1 rings (SSSR count). The Kier molecular flexibility index (Phi) is 4.17. The highest BCUT2D eigenvalue weighted by atomic mass is 16.5. The van der Waals surface area contributed by atoms with Crippen molar-refractivity contribution in [3.63, 3.8) is 0 Å². The van der Waals surface area contributed by atoms with Gasteiger partial charge in [0.15, 0.2) is 0 Å². The molecule has 0 saturated carbocycles. The number of hydrogen-bond donors (Lipinski definition) is 1. The molecule has 3 nitrogen and oxygen atoms in total. The first kappa shape index (κ1) is 11.3. The summed E-state index contributed by atoms with van der Waals surface area (Å²) in [5.41, 5.74) is 6.48. The first-order valence-electron chi connectivity index (χ1n) is 5.01. The van der Waals surface area contributed by atoms with E-state index in [9.17, 15) is 0 Å². The molecule has 1 heterocycles. The van der Waals surface area contributed by atoms with E-state index in [0.29, 0.717) is 19.1 Å². The first-order chi connectivity index (χ1) is 6.63. The molecule has 0 aliphatic rings. The van der Waals surface area contributed by atoms with Gasteiger partial charge in [0.25, 0.3) is 0 Å². The van der Waals surface area contributed by atoms with Crippen molar-refractivity contribution >= 4 is 0 Å². The lowest BCUT2D eigenvalue weighted by Gasteiger charge is -2.15. The van der Waals surface area contributed by atoms with Gasteiger partial charge in [-0.2, -0.15) is 0 Å². The third-order valence-corrected chi connectivity index (χ3v) is 2.37. The number of rotatable bonds is 5. The van der Waals surface area contributed by atoms with Crippen LogP contribution in [0, 0.1) is 5.92 Å². The molecule has 0 bridgehead atoms. The fourth-order valence-electron chi connectivity index (χ4n) is 1.01. The minimum absolute atomic E-state index is 0.251. The van der Waals surface area contributed by atoms with Gasteiger partial charge in [-0.25, -0.2) is 0 Å². The number of hydrogen-bond acceptors (Lipinski definition) is 3. The van der Waals surface area contributed by atoms with Crippen molar-refractivity contribution in [1.82, 2.24) is 0 Å². The van der Waals surface area contributed by atoms with Gasteiger partial charge in [-0.05, 0) is 18.9 Å². The summed E-state index contributed by atoms with van der Waals surface area (Å²) in [4.78, 5) is 0. The summed E-state index contributed by atoms with van der Waals surface area (Å²) in [7, 11) is 0. The van der Waals surface area contributed by atoms with Crippen molar-refractivity contribution in [2.45, 2.75) is 40.0 Å². The Balaban J connectivity index is 2.37. The van der Waals surface area contributed by atoms with Gasteiger partial charge in [0.2, 0.25) is 0 Å². The van der Waals surface area contributed by atoms with Crippen LogP contribution in [0.4, 0.5) is 0 Å². The molecule has 0 saturated heterocycles. The van der Waals surface area contributed by atoms with Gasteiger partial charge in [0.1, 0.15) is 12.4 Å². The Hall–Kier alpha value is -0.800. The van der Waals surface area contributed by atoms with Gasteiger partial charge in [-0.1, -0.05) is 13.8 Å².